The number of hydrogen-bond donors (Lipinski definition) is 3. The van der Waals surface area contributed by atoms with Gasteiger partial charge in [0.1, 0.15) is 0 Å². The zero-order valence-electron chi connectivity index (χ0n) is 12.1. The second-order valence-electron chi connectivity index (χ2n) is 5.64. The first kappa shape index (κ1) is 14.3. The van der Waals surface area contributed by atoms with Gasteiger partial charge in [0.05, 0.1) is 10.9 Å². The third kappa shape index (κ3) is 2.85. The number of thioether (sulfide) groups is 1. The summed E-state index contributed by atoms with van der Waals surface area (Å²) >= 11 is 1.91. The minimum atomic E-state index is -0.153. The van der Waals surface area contributed by atoms with Crippen molar-refractivity contribution in [3.05, 3.63) is 28.6 Å². The Morgan fingerprint density at radius 2 is 2.19 bits per heavy atom. The largest absolute Gasteiger partial charge is 0.399 e. The number of rotatable bonds is 4. The Balaban J connectivity index is 1.84. The molecule has 1 aliphatic rings. The Bertz CT molecular complexity index is 706. The number of hydrogen-bond acceptors (Lipinski definition) is 5. The molecule has 0 amide bonds. The van der Waals surface area contributed by atoms with Crippen molar-refractivity contribution in [3.8, 4) is 0 Å². The molecule has 0 spiro atoms. The average Bonchev–Trinajstić information content (AvgIpc) is 2.95. The lowest BCUT2D eigenvalue weighted by molar-refractivity contribution is 0.637. The first-order chi connectivity index (χ1) is 10.1. The summed E-state index contributed by atoms with van der Waals surface area (Å²) in [5.41, 5.74) is 6.79. The zero-order valence-corrected chi connectivity index (χ0v) is 12.9. The van der Waals surface area contributed by atoms with Gasteiger partial charge in [-0.2, -0.15) is 11.8 Å². The van der Waals surface area contributed by atoms with E-state index in [1.54, 1.807) is 18.2 Å². The van der Waals surface area contributed by atoms with E-state index in [4.69, 9.17) is 5.73 Å². The van der Waals surface area contributed by atoms with Crippen LogP contribution in [0.25, 0.3) is 10.9 Å². The van der Waals surface area contributed by atoms with Gasteiger partial charge < -0.3 is 11.1 Å². The van der Waals surface area contributed by atoms with Gasteiger partial charge in [-0.15, -0.1) is 0 Å². The third-order valence-corrected chi connectivity index (χ3v) is 5.67. The van der Waals surface area contributed by atoms with Crippen molar-refractivity contribution in [2.45, 2.75) is 30.4 Å². The number of nitrogens with two attached hydrogens (primary N) is 1. The Morgan fingerprint density at radius 3 is 2.90 bits per heavy atom. The quantitative estimate of drug-likeness (QED) is 0.756. The maximum absolute atomic E-state index is 12.1. The molecule has 6 heteroatoms. The molecule has 21 heavy (non-hydrogen) atoms. The van der Waals surface area contributed by atoms with Gasteiger partial charge in [-0.1, -0.05) is 12.8 Å². The molecular weight excluding hydrogens is 284 g/mol. The zero-order chi connectivity index (χ0) is 14.9. The van der Waals surface area contributed by atoms with Gasteiger partial charge in [0.2, 0.25) is 5.95 Å². The Hall–Kier alpha value is -1.69. The minimum absolute atomic E-state index is 0.153. The second-order valence-corrected chi connectivity index (χ2v) is 6.91. The molecule has 112 valence electrons. The number of nitrogen functional groups attached to an aromatic ring is 1. The van der Waals surface area contributed by atoms with Crippen LogP contribution in [0.3, 0.4) is 0 Å². The summed E-state index contributed by atoms with van der Waals surface area (Å²) in [4.78, 5) is 19.4. The lowest BCUT2D eigenvalue weighted by Crippen LogP contribution is -2.31. The van der Waals surface area contributed by atoms with Crippen LogP contribution in [-0.2, 0) is 0 Å². The van der Waals surface area contributed by atoms with E-state index in [0.29, 0.717) is 22.5 Å². The summed E-state index contributed by atoms with van der Waals surface area (Å²) in [5.74, 6) is 0.539. The summed E-state index contributed by atoms with van der Waals surface area (Å²) in [5, 5.41) is 3.84. The predicted molar refractivity (Wildman–Crippen MR) is 90.0 cm³/mol. The molecular formula is C15H20N4OS. The summed E-state index contributed by atoms with van der Waals surface area (Å²) in [7, 11) is 0. The fourth-order valence-electron chi connectivity index (χ4n) is 2.96. The second kappa shape index (κ2) is 5.60. The standard InChI is InChI=1S/C15H20N4OS/c1-21-15(6-2-3-7-15)9-17-14-18-12-5-4-10(16)8-11(12)13(20)19-14/h4-5,8H,2-3,6-7,9,16H2,1H3,(H2,17,18,19,20). The van der Waals surface area contributed by atoms with E-state index in [9.17, 15) is 4.79 Å². The normalized spacial score (nSPS) is 17.2. The van der Waals surface area contributed by atoms with Crippen LogP contribution < -0.4 is 16.6 Å². The number of benzene rings is 1. The van der Waals surface area contributed by atoms with Crippen LogP contribution in [-0.4, -0.2) is 27.5 Å². The van der Waals surface area contributed by atoms with Gasteiger partial charge in [-0.25, -0.2) is 4.98 Å². The molecule has 0 radical (unpaired) electrons. The molecule has 2 aromatic rings. The molecule has 0 saturated heterocycles. The maximum atomic E-state index is 12.1. The summed E-state index contributed by atoms with van der Waals surface area (Å²) in [6, 6.07) is 5.20. The molecule has 1 aliphatic carbocycles. The van der Waals surface area contributed by atoms with Gasteiger partial charge in [0.25, 0.3) is 5.56 Å². The van der Waals surface area contributed by atoms with Crippen LogP contribution in [0.15, 0.2) is 23.0 Å². The van der Waals surface area contributed by atoms with Crippen LogP contribution in [0.5, 0.6) is 0 Å². The molecule has 1 saturated carbocycles. The van der Waals surface area contributed by atoms with Crippen molar-refractivity contribution in [1.29, 1.82) is 0 Å². The summed E-state index contributed by atoms with van der Waals surface area (Å²) in [6.45, 7) is 0.831. The number of aromatic amines is 1. The number of H-pyrrole nitrogens is 1. The maximum Gasteiger partial charge on any atom is 0.260 e. The summed E-state index contributed by atoms with van der Waals surface area (Å²) in [6.07, 6.45) is 7.16. The van der Waals surface area contributed by atoms with Crippen molar-refractivity contribution in [2.75, 3.05) is 23.9 Å². The van der Waals surface area contributed by atoms with Crippen molar-refractivity contribution in [2.24, 2.45) is 0 Å². The van der Waals surface area contributed by atoms with Crippen molar-refractivity contribution in [1.82, 2.24) is 9.97 Å². The van der Waals surface area contributed by atoms with Crippen LogP contribution in [0.4, 0.5) is 11.6 Å². The molecule has 4 N–H and O–H groups in total. The third-order valence-electron chi connectivity index (χ3n) is 4.26. The highest BCUT2D eigenvalue weighted by atomic mass is 32.2. The summed E-state index contributed by atoms with van der Waals surface area (Å²) < 4.78 is 0.272. The molecule has 0 unspecified atom stereocenters. The fraction of sp³-hybridized carbons (Fsp3) is 0.467. The smallest absolute Gasteiger partial charge is 0.260 e. The monoisotopic (exact) mass is 304 g/mol. The highest BCUT2D eigenvalue weighted by Gasteiger charge is 2.32. The van der Waals surface area contributed by atoms with E-state index >= 15 is 0 Å². The van der Waals surface area contributed by atoms with E-state index in [1.807, 2.05) is 11.8 Å². The Kier molecular flexibility index (Phi) is 3.80. The van der Waals surface area contributed by atoms with Crippen LogP contribution in [0, 0.1) is 0 Å². The number of anilines is 2. The van der Waals surface area contributed by atoms with Gasteiger partial charge in [0.15, 0.2) is 0 Å². The van der Waals surface area contributed by atoms with E-state index in [2.05, 4.69) is 21.5 Å². The highest BCUT2D eigenvalue weighted by molar-refractivity contribution is 8.00. The van der Waals surface area contributed by atoms with Crippen molar-refractivity contribution >= 4 is 34.3 Å². The van der Waals surface area contributed by atoms with Gasteiger partial charge >= 0.3 is 0 Å². The topological polar surface area (TPSA) is 83.8 Å². The molecule has 0 atom stereocenters. The Labute approximate surface area is 127 Å². The predicted octanol–water partition coefficient (Wildman–Crippen LogP) is 2.59. The SMILES string of the molecule is CSC1(CNc2nc3ccc(N)cc3c(=O)[nH]2)CCCC1. The van der Waals surface area contributed by atoms with Crippen LogP contribution in [0.2, 0.25) is 0 Å². The van der Waals surface area contributed by atoms with E-state index in [1.165, 1.54) is 25.7 Å². The lowest BCUT2D eigenvalue weighted by Gasteiger charge is -2.27. The molecule has 1 aromatic carbocycles. The van der Waals surface area contributed by atoms with E-state index in [0.717, 1.165) is 6.54 Å². The van der Waals surface area contributed by atoms with Gasteiger partial charge in [0, 0.05) is 17.0 Å². The first-order valence-electron chi connectivity index (χ1n) is 7.20. The Morgan fingerprint density at radius 1 is 1.43 bits per heavy atom. The van der Waals surface area contributed by atoms with Gasteiger partial charge in [-0.05, 0) is 37.3 Å². The molecule has 1 heterocycles. The average molecular weight is 304 g/mol. The van der Waals surface area contributed by atoms with E-state index < -0.39 is 0 Å². The van der Waals surface area contributed by atoms with E-state index in [-0.39, 0.29) is 10.3 Å². The van der Waals surface area contributed by atoms with Gasteiger partial charge in [-0.3, -0.25) is 9.78 Å². The highest BCUT2D eigenvalue weighted by Crippen LogP contribution is 2.40. The molecule has 0 aliphatic heterocycles. The molecule has 3 rings (SSSR count). The minimum Gasteiger partial charge on any atom is -0.399 e. The molecule has 0 bridgehead atoms. The fourth-order valence-corrected chi connectivity index (χ4v) is 3.87. The number of aromatic nitrogens is 2. The van der Waals surface area contributed by atoms with Crippen LogP contribution >= 0.6 is 11.8 Å². The van der Waals surface area contributed by atoms with Crippen LogP contribution in [0.1, 0.15) is 25.7 Å². The van der Waals surface area contributed by atoms with Crippen molar-refractivity contribution in [3.63, 3.8) is 0 Å². The molecule has 5 nitrogen and oxygen atoms in total. The first-order valence-corrected chi connectivity index (χ1v) is 8.43. The number of fused-ring (bicyclic) bond motifs is 1. The number of nitrogens with zero attached hydrogens (tertiary/aromatic N) is 1. The van der Waals surface area contributed by atoms with Crippen molar-refractivity contribution < 1.29 is 0 Å². The molecule has 1 fully saturated rings. The number of nitrogens with one attached hydrogen (secondary N) is 2. The molecule has 1 aromatic heterocycles. The lowest BCUT2D eigenvalue weighted by atomic mass is 10.1.